The smallest absolute Gasteiger partial charge is 0.391 e. The van der Waals surface area contributed by atoms with Gasteiger partial charge in [0.05, 0.1) is 31.2 Å². The maximum absolute atomic E-state index is 12.5. The van der Waals surface area contributed by atoms with E-state index in [2.05, 4.69) is 10.1 Å². The second-order valence-corrected chi connectivity index (χ2v) is 5.16. The predicted molar refractivity (Wildman–Crippen MR) is 82.3 cm³/mol. The highest BCUT2D eigenvalue weighted by Gasteiger charge is 2.36. The van der Waals surface area contributed by atoms with Gasteiger partial charge in [0, 0.05) is 0 Å². The lowest BCUT2D eigenvalue weighted by Crippen LogP contribution is -2.42. The van der Waals surface area contributed by atoms with Crippen LogP contribution in [0.5, 0.6) is 5.75 Å². The van der Waals surface area contributed by atoms with E-state index in [1.54, 1.807) is 12.1 Å². The minimum absolute atomic E-state index is 0.115. The maximum Gasteiger partial charge on any atom is 0.391 e. The van der Waals surface area contributed by atoms with E-state index in [-0.39, 0.29) is 16.5 Å². The molecule has 1 aromatic carbocycles. The number of ether oxygens (including phenoxy) is 2. The number of benzene rings is 1. The highest BCUT2D eigenvalue weighted by molar-refractivity contribution is 6.32. The molecule has 25 heavy (non-hydrogen) atoms. The number of carbonyl (C=O) groups excluding carboxylic acids is 1. The Morgan fingerprint density at radius 1 is 1.36 bits per heavy atom. The van der Waals surface area contributed by atoms with E-state index in [4.69, 9.17) is 21.4 Å². The summed E-state index contributed by atoms with van der Waals surface area (Å²) >= 11 is 5.88. The van der Waals surface area contributed by atoms with E-state index in [1.807, 2.05) is 0 Å². The summed E-state index contributed by atoms with van der Waals surface area (Å²) in [5.41, 5.74) is 0. The number of para-hydroxylation sites is 1. The van der Waals surface area contributed by atoms with Crippen LogP contribution in [-0.4, -0.2) is 42.9 Å². The Balaban J connectivity index is 2.88. The first kappa shape index (κ1) is 20.8. The third kappa shape index (κ3) is 7.90. The molecule has 0 saturated carbocycles. The first-order valence-electron chi connectivity index (χ1n) is 6.86. The molecule has 10 heteroatoms. The average molecular weight is 382 g/mol. The zero-order valence-corrected chi connectivity index (χ0v) is 13.7. The molecule has 1 unspecified atom stereocenters. The van der Waals surface area contributed by atoms with Crippen LogP contribution in [0.2, 0.25) is 5.02 Å². The number of halogens is 4. The van der Waals surface area contributed by atoms with E-state index in [1.165, 1.54) is 12.1 Å². The minimum Gasteiger partial charge on any atom is -0.478 e. The van der Waals surface area contributed by atoms with E-state index in [0.29, 0.717) is 6.08 Å². The fourth-order valence-electron chi connectivity index (χ4n) is 1.76. The Hall–Kier alpha value is -2.26. The Morgan fingerprint density at radius 3 is 2.52 bits per heavy atom. The van der Waals surface area contributed by atoms with Crippen molar-refractivity contribution in [3.8, 4) is 5.75 Å². The lowest BCUT2D eigenvalue weighted by atomic mass is 10.2. The van der Waals surface area contributed by atoms with Gasteiger partial charge in [-0.3, -0.25) is 10.1 Å². The van der Waals surface area contributed by atoms with Crippen molar-refractivity contribution in [2.24, 2.45) is 0 Å². The topological polar surface area (TPSA) is 84.9 Å². The third-order valence-corrected chi connectivity index (χ3v) is 3.12. The fraction of sp³-hybridized carbons (Fsp3) is 0.333. The van der Waals surface area contributed by atoms with Crippen LogP contribution in [0, 0.1) is 0 Å². The lowest BCUT2D eigenvalue weighted by molar-refractivity contribution is -0.160. The summed E-state index contributed by atoms with van der Waals surface area (Å²) in [5.74, 6) is -2.64. The number of carboxylic acid groups (broad SMARTS) is 1. The Morgan fingerprint density at radius 2 is 2.00 bits per heavy atom. The fourth-order valence-corrected chi connectivity index (χ4v) is 1.93. The number of nitrogens with one attached hydrogen (secondary N) is 1. The molecule has 0 aromatic heterocycles. The number of hydrogen-bond donors (Lipinski definition) is 2. The number of aliphatic carboxylic acids is 1. The van der Waals surface area contributed by atoms with E-state index in [9.17, 15) is 22.8 Å². The van der Waals surface area contributed by atoms with Gasteiger partial charge in [-0.05, 0) is 12.1 Å². The second kappa shape index (κ2) is 9.28. The molecule has 0 amide bonds. The van der Waals surface area contributed by atoms with Crippen molar-refractivity contribution in [3.63, 3.8) is 0 Å². The summed E-state index contributed by atoms with van der Waals surface area (Å²) in [7, 11) is 0.946. The Kier molecular flexibility index (Phi) is 7.72. The van der Waals surface area contributed by atoms with E-state index < -0.39 is 37.1 Å². The predicted octanol–water partition coefficient (Wildman–Crippen LogP) is 2.77. The lowest BCUT2D eigenvalue weighted by Gasteiger charge is -2.19. The van der Waals surface area contributed by atoms with Gasteiger partial charge < -0.3 is 14.6 Å². The SMILES string of the molecule is COC(=O)C(CC(F)(F)F)NCC(=CC(=O)O)Oc1ccccc1Cl. The summed E-state index contributed by atoms with van der Waals surface area (Å²) in [5, 5.41) is 11.3. The minimum atomic E-state index is -4.62. The number of carbonyl (C=O) groups is 2. The van der Waals surface area contributed by atoms with Crippen LogP contribution < -0.4 is 10.1 Å². The Bertz CT molecular complexity index is 648. The largest absolute Gasteiger partial charge is 0.478 e. The van der Waals surface area contributed by atoms with E-state index in [0.717, 1.165) is 7.11 Å². The molecule has 0 spiro atoms. The molecule has 0 fully saturated rings. The van der Waals surface area contributed by atoms with Crippen LogP contribution in [0.1, 0.15) is 6.42 Å². The molecule has 1 atom stereocenters. The molecule has 0 heterocycles. The maximum atomic E-state index is 12.5. The molecular weight excluding hydrogens is 367 g/mol. The molecule has 0 aliphatic rings. The number of hydrogen-bond acceptors (Lipinski definition) is 5. The molecule has 0 aliphatic carbocycles. The highest BCUT2D eigenvalue weighted by atomic mass is 35.5. The molecule has 6 nitrogen and oxygen atoms in total. The van der Waals surface area contributed by atoms with Crippen LogP contribution in [0.15, 0.2) is 36.1 Å². The first-order chi connectivity index (χ1) is 11.6. The second-order valence-electron chi connectivity index (χ2n) is 4.76. The highest BCUT2D eigenvalue weighted by Crippen LogP contribution is 2.25. The van der Waals surface area contributed by atoms with Crippen molar-refractivity contribution in [1.29, 1.82) is 0 Å². The van der Waals surface area contributed by atoms with Crippen molar-refractivity contribution >= 4 is 23.5 Å². The molecule has 1 rings (SSSR count). The standard InChI is InChI=1S/C15H15ClF3NO5/c1-24-14(23)11(7-15(17,18)19)20-8-9(6-13(21)22)25-12-5-3-2-4-10(12)16/h2-6,11,20H,7-8H2,1H3,(H,21,22). The van der Waals surface area contributed by atoms with Crippen molar-refractivity contribution in [2.75, 3.05) is 13.7 Å². The molecule has 138 valence electrons. The third-order valence-electron chi connectivity index (χ3n) is 2.81. The van der Waals surface area contributed by atoms with Crippen LogP contribution in [-0.2, 0) is 14.3 Å². The molecule has 0 bridgehead atoms. The van der Waals surface area contributed by atoms with Crippen LogP contribution in [0.3, 0.4) is 0 Å². The molecule has 0 radical (unpaired) electrons. The quantitative estimate of drug-likeness (QED) is 0.409. The summed E-state index contributed by atoms with van der Waals surface area (Å²) in [4.78, 5) is 22.3. The van der Waals surface area contributed by atoms with Crippen molar-refractivity contribution in [3.05, 3.63) is 41.1 Å². The number of rotatable bonds is 8. The van der Waals surface area contributed by atoms with Gasteiger partial charge in [0.1, 0.15) is 17.6 Å². The number of esters is 1. The van der Waals surface area contributed by atoms with Gasteiger partial charge in [-0.2, -0.15) is 13.2 Å². The van der Waals surface area contributed by atoms with E-state index >= 15 is 0 Å². The normalized spacial score (nSPS) is 13.2. The zero-order valence-electron chi connectivity index (χ0n) is 13.0. The van der Waals surface area contributed by atoms with Gasteiger partial charge in [0.25, 0.3) is 0 Å². The van der Waals surface area contributed by atoms with Gasteiger partial charge in [0.2, 0.25) is 0 Å². The Labute approximate surface area is 146 Å². The van der Waals surface area contributed by atoms with Gasteiger partial charge in [-0.25, -0.2) is 4.79 Å². The molecule has 0 saturated heterocycles. The molecule has 2 N–H and O–H groups in total. The number of carboxylic acids is 1. The molecular formula is C15H15ClF3NO5. The number of methoxy groups -OCH3 is 1. The number of alkyl halides is 3. The first-order valence-corrected chi connectivity index (χ1v) is 7.24. The average Bonchev–Trinajstić information content (AvgIpc) is 2.51. The van der Waals surface area contributed by atoms with Gasteiger partial charge in [-0.1, -0.05) is 23.7 Å². The van der Waals surface area contributed by atoms with Crippen LogP contribution in [0.25, 0.3) is 0 Å². The molecule has 0 aliphatic heterocycles. The zero-order chi connectivity index (χ0) is 19.0. The van der Waals surface area contributed by atoms with Gasteiger partial charge in [-0.15, -0.1) is 0 Å². The van der Waals surface area contributed by atoms with Crippen LogP contribution in [0.4, 0.5) is 13.2 Å². The summed E-state index contributed by atoms with van der Waals surface area (Å²) in [6.07, 6.45) is -5.45. The van der Waals surface area contributed by atoms with Gasteiger partial charge in [0.15, 0.2) is 0 Å². The van der Waals surface area contributed by atoms with Crippen molar-refractivity contribution in [2.45, 2.75) is 18.6 Å². The van der Waals surface area contributed by atoms with Gasteiger partial charge >= 0.3 is 18.1 Å². The monoisotopic (exact) mass is 381 g/mol. The van der Waals surface area contributed by atoms with Crippen LogP contribution >= 0.6 is 11.6 Å². The van der Waals surface area contributed by atoms with Crippen molar-refractivity contribution < 1.29 is 37.3 Å². The summed E-state index contributed by atoms with van der Waals surface area (Å²) in [6.45, 7) is -0.465. The summed E-state index contributed by atoms with van der Waals surface area (Å²) < 4.78 is 47.2. The van der Waals surface area contributed by atoms with Crippen molar-refractivity contribution in [1.82, 2.24) is 5.32 Å². The molecule has 1 aromatic rings. The summed E-state index contributed by atoms with van der Waals surface area (Å²) in [6, 6.07) is 4.42.